The molecule has 2 unspecified atom stereocenters. The number of nitro groups is 1. The van der Waals surface area contributed by atoms with Crippen molar-refractivity contribution < 1.29 is 19.6 Å². The number of anilines is 1. The van der Waals surface area contributed by atoms with Crippen molar-refractivity contribution in [3.8, 4) is 0 Å². The molecule has 8 heteroatoms. The predicted molar refractivity (Wildman–Crippen MR) is 101 cm³/mol. The van der Waals surface area contributed by atoms with Gasteiger partial charge in [0.25, 0.3) is 5.69 Å². The van der Waals surface area contributed by atoms with Gasteiger partial charge in [-0.1, -0.05) is 37.6 Å². The number of hydrogen-bond acceptors (Lipinski definition) is 6. The van der Waals surface area contributed by atoms with Gasteiger partial charge in [0, 0.05) is 28.1 Å². The van der Waals surface area contributed by atoms with Crippen molar-refractivity contribution in [3.63, 3.8) is 0 Å². The summed E-state index contributed by atoms with van der Waals surface area (Å²) < 4.78 is 4.83. The van der Waals surface area contributed by atoms with E-state index in [4.69, 9.17) is 16.3 Å². The van der Waals surface area contributed by atoms with E-state index in [2.05, 4.69) is 5.32 Å². The summed E-state index contributed by atoms with van der Waals surface area (Å²) in [6.07, 6.45) is -0.958. The Kier molecular flexibility index (Phi) is 4.84. The lowest BCUT2D eigenvalue weighted by molar-refractivity contribution is -0.384. The number of fused-ring (bicyclic) bond motifs is 1. The van der Waals surface area contributed by atoms with Crippen LogP contribution in [0.3, 0.4) is 0 Å². The zero-order chi connectivity index (χ0) is 19.9. The van der Waals surface area contributed by atoms with E-state index in [-0.39, 0.29) is 11.3 Å². The number of nitrogens with zero attached hydrogens (tertiary/aromatic N) is 1. The molecule has 7 nitrogen and oxygen atoms in total. The van der Waals surface area contributed by atoms with Crippen LogP contribution in [0.4, 0.5) is 11.4 Å². The maximum atomic E-state index is 12.2. The maximum Gasteiger partial charge on any atom is 0.340 e. The molecule has 27 heavy (non-hydrogen) atoms. The average molecular weight is 391 g/mol. The topological polar surface area (TPSA) is 102 Å². The highest BCUT2D eigenvalue weighted by Gasteiger charge is 2.44. The number of aliphatic hydroxyl groups is 1. The third kappa shape index (κ3) is 3.24. The summed E-state index contributed by atoms with van der Waals surface area (Å²) in [7, 11) is 1.26. The molecule has 0 bridgehead atoms. The van der Waals surface area contributed by atoms with Gasteiger partial charge >= 0.3 is 5.97 Å². The van der Waals surface area contributed by atoms with Crippen LogP contribution in [-0.4, -0.2) is 23.1 Å². The number of nitro benzene ring substituents is 1. The van der Waals surface area contributed by atoms with Gasteiger partial charge in [-0.2, -0.15) is 0 Å². The number of benzene rings is 2. The first-order valence-electron chi connectivity index (χ1n) is 8.27. The molecule has 142 valence electrons. The van der Waals surface area contributed by atoms with Gasteiger partial charge in [0.15, 0.2) is 0 Å². The quantitative estimate of drug-likeness (QED) is 0.461. The first kappa shape index (κ1) is 19.1. The van der Waals surface area contributed by atoms with Crippen molar-refractivity contribution >= 4 is 28.9 Å². The van der Waals surface area contributed by atoms with E-state index < -0.39 is 28.5 Å². The standard InChI is InChI=1S/C19H19ClN2O5/c1-19(2)16(10-5-4-6-12(7-10)22(25)26)21-15-13(17(19)23)8-11(20)9-14(15)18(24)27-3/h4-9,16-17,21,23H,1-3H3. The number of ether oxygens (including phenoxy) is 1. The van der Waals surface area contributed by atoms with Crippen LogP contribution in [0.1, 0.15) is 47.5 Å². The molecule has 3 rings (SSSR count). The molecule has 1 aliphatic heterocycles. The Bertz CT molecular complexity index is 928. The maximum absolute atomic E-state index is 12.2. The lowest BCUT2D eigenvalue weighted by atomic mass is 9.70. The Hall–Kier alpha value is -2.64. The van der Waals surface area contributed by atoms with Gasteiger partial charge in [-0.05, 0) is 17.7 Å². The van der Waals surface area contributed by atoms with Crippen molar-refractivity contribution in [2.45, 2.75) is 26.0 Å². The fraction of sp³-hybridized carbons (Fsp3) is 0.316. The smallest absolute Gasteiger partial charge is 0.340 e. The minimum absolute atomic E-state index is 0.0466. The number of non-ortho nitro benzene ring substituents is 1. The van der Waals surface area contributed by atoms with Crippen LogP contribution in [0.2, 0.25) is 5.02 Å². The summed E-state index contributed by atoms with van der Waals surface area (Å²) in [6, 6.07) is 8.80. The Morgan fingerprint density at radius 2 is 2.04 bits per heavy atom. The van der Waals surface area contributed by atoms with Gasteiger partial charge in [0.05, 0.1) is 35.4 Å². The lowest BCUT2D eigenvalue weighted by Gasteiger charge is -2.45. The lowest BCUT2D eigenvalue weighted by Crippen LogP contribution is -2.39. The third-order valence-electron chi connectivity index (χ3n) is 4.99. The summed E-state index contributed by atoms with van der Waals surface area (Å²) >= 11 is 6.13. The second-order valence-electron chi connectivity index (χ2n) is 7.06. The summed E-state index contributed by atoms with van der Waals surface area (Å²) in [5.74, 6) is -0.592. The van der Waals surface area contributed by atoms with E-state index in [9.17, 15) is 20.0 Å². The molecule has 2 aromatic rings. The summed E-state index contributed by atoms with van der Waals surface area (Å²) in [5, 5.41) is 25.7. The molecule has 0 aliphatic carbocycles. The summed E-state index contributed by atoms with van der Waals surface area (Å²) in [4.78, 5) is 22.9. The fourth-order valence-electron chi connectivity index (χ4n) is 3.50. The van der Waals surface area contributed by atoms with E-state index in [1.165, 1.54) is 25.3 Å². The molecule has 0 saturated carbocycles. The Morgan fingerprint density at radius 1 is 1.33 bits per heavy atom. The van der Waals surface area contributed by atoms with Crippen LogP contribution >= 0.6 is 11.6 Å². The number of halogens is 1. The van der Waals surface area contributed by atoms with Crippen LogP contribution in [-0.2, 0) is 4.74 Å². The zero-order valence-corrected chi connectivity index (χ0v) is 15.8. The van der Waals surface area contributed by atoms with Crippen LogP contribution in [0.15, 0.2) is 36.4 Å². The molecule has 2 N–H and O–H groups in total. The molecule has 0 spiro atoms. The highest BCUT2D eigenvalue weighted by Crippen LogP contribution is 2.53. The number of carbonyl (C=O) groups is 1. The third-order valence-corrected chi connectivity index (χ3v) is 5.20. The normalized spacial score (nSPS) is 20.3. The highest BCUT2D eigenvalue weighted by molar-refractivity contribution is 6.31. The van der Waals surface area contributed by atoms with E-state index in [1.54, 1.807) is 18.2 Å². The van der Waals surface area contributed by atoms with Crippen molar-refractivity contribution in [2.75, 3.05) is 12.4 Å². The molecule has 1 heterocycles. The molecule has 0 amide bonds. The number of aliphatic hydroxyl groups excluding tert-OH is 1. The largest absolute Gasteiger partial charge is 0.465 e. The number of carbonyl (C=O) groups excluding carboxylic acids is 1. The number of hydrogen-bond donors (Lipinski definition) is 2. The molecule has 0 radical (unpaired) electrons. The zero-order valence-electron chi connectivity index (χ0n) is 15.0. The molecular weight excluding hydrogens is 372 g/mol. The molecule has 2 aromatic carbocycles. The molecule has 2 atom stereocenters. The Balaban J connectivity index is 2.17. The number of methoxy groups -OCH3 is 1. The number of nitrogens with one attached hydrogen (secondary N) is 1. The second-order valence-corrected chi connectivity index (χ2v) is 7.50. The van der Waals surface area contributed by atoms with Gasteiger partial charge in [-0.25, -0.2) is 4.79 Å². The Labute approximate surface area is 161 Å². The minimum Gasteiger partial charge on any atom is -0.465 e. The van der Waals surface area contributed by atoms with Crippen molar-refractivity contribution in [3.05, 3.63) is 68.2 Å². The van der Waals surface area contributed by atoms with Gasteiger partial charge in [0.1, 0.15) is 0 Å². The molecule has 0 aromatic heterocycles. The fourth-order valence-corrected chi connectivity index (χ4v) is 3.72. The minimum atomic E-state index is -0.958. The summed E-state index contributed by atoms with van der Waals surface area (Å²) in [6.45, 7) is 3.69. The van der Waals surface area contributed by atoms with Crippen LogP contribution in [0.25, 0.3) is 0 Å². The first-order chi connectivity index (χ1) is 12.7. The highest BCUT2D eigenvalue weighted by atomic mass is 35.5. The number of rotatable bonds is 3. The van der Waals surface area contributed by atoms with Gasteiger partial charge < -0.3 is 15.2 Å². The molecule has 0 saturated heterocycles. The SMILES string of the molecule is COC(=O)c1cc(Cl)cc2c1NC(c1cccc([N+](=O)[O-])c1)C(C)(C)C2O. The first-order valence-corrected chi connectivity index (χ1v) is 8.65. The average Bonchev–Trinajstić information content (AvgIpc) is 2.64. The van der Waals surface area contributed by atoms with E-state index in [0.29, 0.717) is 21.8 Å². The number of esters is 1. The van der Waals surface area contributed by atoms with Gasteiger partial charge in [-0.15, -0.1) is 0 Å². The summed E-state index contributed by atoms with van der Waals surface area (Å²) in [5.41, 5.74) is 0.939. The van der Waals surface area contributed by atoms with E-state index >= 15 is 0 Å². The van der Waals surface area contributed by atoms with Gasteiger partial charge in [-0.3, -0.25) is 10.1 Å². The van der Waals surface area contributed by atoms with E-state index in [0.717, 1.165) is 0 Å². The predicted octanol–water partition coefficient (Wildman–Crippen LogP) is 4.26. The second kappa shape index (κ2) is 6.83. The monoisotopic (exact) mass is 390 g/mol. The Morgan fingerprint density at radius 3 is 2.67 bits per heavy atom. The van der Waals surface area contributed by atoms with Crippen LogP contribution < -0.4 is 5.32 Å². The van der Waals surface area contributed by atoms with Crippen molar-refractivity contribution in [2.24, 2.45) is 5.41 Å². The molecule has 0 fully saturated rings. The molecular formula is C19H19ClN2O5. The van der Waals surface area contributed by atoms with Crippen LogP contribution in [0.5, 0.6) is 0 Å². The van der Waals surface area contributed by atoms with Crippen molar-refractivity contribution in [1.82, 2.24) is 0 Å². The van der Waals surface area contributed by atoms with E-state index in [1.807, 2.05) is 13.8 Å². The van der Waals surface area contributed by atoms with Gasteiger partial charge in [0.2, 0.25) is 0 Å². The van der Waals surface area contributed by atoms with Crippen molar-refractivity contribution in [1.29, 1.82) is 0 Å². The van der Waals surface area contributed by atoms with Crippen LogP contribution in [0, 0.1) is 15.5 Å². The molecule has 1 aliphatic rings.